The van der Waals surface area contributed by atoms with E-state index in [0.717, 1.165) is 16.6 Å². The molecule has 22 heavy (non-hydrogen) atoms. The van der Waals surface area contributed by atoms with E-state index in [1.165, 1.54) is 19.0 Å². The Morgan fingerprint density at radius 3 is 1.59 bits per heavy atom. The largest absolute Gasteiger partial charge is 0.321 e. The van der Waals surface area contributed by atoms with Crippen molar-refractivity contribution in [2.24, 2.45) is 0 Å². The minimum absolute atomic E-state index is 0.702. The first kappa shape index (κ1) is 22.1. The van der Waals surface area contributed by atoms with E-state index in [9.17, 15) is 0 Å². The molecule has 1 nitrogen and oxygen atoms in total. The summed E-state index contributed by atoms with van der Waals surface area (Å²) in [4.78, 5) is 0. The van der Waals surface area contributed by atoms with Crippen LogP contribution in [-0.4, -0.2) is 33.5 Å². The topological polar surface area (TPSA) is 3.24 Å². The van der Waals surface area contributed by atoms with Gasteiger partial charge in [0.25, 0.3) is 0 Å². The maximum Gasteiger partial charge on any atom is 0.136 e. The standard InChI is InChI=1S/C19H43NSi2/c1-12-19(9)20(14-15-21(10,11)13-2)22(16(3)4,17(5)6)18(7)8/h13,16-19H,2,12,14-15H2,1,3-11H3. The van der Waals surface area contributed by atoms with Crippen molar-refractivity contribution in [3.63, 3.8) is 0 Å². The van der Waals surface area contributed by atoms with Crippen molar-refractivity contribution >= 4 is 16.3 Å². The summed E-state index contributed by atoms with van der Waals surface area (Å²) >= 11 is 0. The Labute approximate surface area is 143 Å². The molecule has 0 aromatic carbocycles. The molecule has 1 atom stereocenters. The van der Waals surface area contributed by atoms with Crippen molar-refractivity contribution in [1.29, 1.82) is 0 Å². The highest BCUT2D eigenvalue weighted by atomic mass is 28.3. The van der Waals surface area contributed by atoms with Crippen LogP contribution in [0.1, 0.15) is 61.8 Å². The quantitative estimate of drug-likeness (QED) is 0.400. The molecular weight excluding hydrogens is 298 g/mol. The number of hydrogen-bond donors (Lipinski definition) is 0. The van der Waals surface area contributed by atoms with E-state index in [-0.39, 0.29) is 0 Å². The first-order valence-corrected chi connectivity index (χ1v) is 14.8. The molecule has 0 aromatic heterocycles. The lowest BCUT2D eigenvalue weighted by Crippen LogP contribution is -2.63. The molecule has 0 bridgehead atoms. The Bertz CT molecular complexity index is 313. The van der Waals surface area contributed by atoms with Crippen LogP contribution in [-0.2, 0) is 0 Å². The van der Waals surface area contributed by atoms with E-state index in [1.807, 2.05) is 0 Å². The molecule has 0 aromatic rings. The van der Waals surface area contributed by atoms with Gasteiger partial charge in [0, 0.05) is 6.04 Å². The fraction of sp³-hybridized carbons (Fsp3) is 0.895. The van der Waals surface area contributed by atoms with E-state index in [2.05, 4.69) is 85.3 Å². The fourth-order valence-corrected chi connectivity index (χ4v) is 13.2. The molecular formula is C19H43NSi2. The maximum atomic E-state index is 4.10. The molecule has 0 radical (unpaired) electrons. The third kappa shape index (κ3) is 4.81. The third-order valence-corrected chi connectivity index (χ3v) is 15.8. The van der Waals surface area contributed by atoms with Crippen molar-refractivity contribution in [2.45, 2.75) is 104 Å². The van der Waals surface area contributed by atoms with E-state index in [1.54, 1.807) is 0 Å². The third-order valence-electron chi connectivity index (χ3n) is 5.94. The average molecular weight is 342 g/mol. The predicted octanol–water partition coefficient (Wildman–Crippen LogP) is 6.70. The van der Waals surface area contributed by atoms with Gasteiger partial charge in [0.1, 0.15) is 8.24 Å². The lowest BCUT2D eigenvalue weighted by atomic mass is 10.3. The summed E-state index contributed by atoms with van der Waals surface area (Å²) in [6.07, 6.45) is 1.26. The zero-order valence-corrected chi connectivity index (χ0v) is 19.2. The minimum Gasteiger partial charge on any atom is -0.321 e. The van der Waals surface area contributed by atoms with Crippen LogP contribution in [0.5, 0.6) is 0 Å². The van der Waals surface area contributed by atoms with E-state index in [4.69, 9.17) is 0 Å². The molecule has 0 saturated heterocycles. The van der Waals surface area contributed by atoms with Gasteiger partial charge < -0.3 is 4.57 Å². The number of rotatable bonds is 10. The number of hydrogen-bond acceptors (Lipinski definition) is 1. The minimum atomic E-state index is -1.53. The van der Waals surface area contributed by atoms with Crippen LogP contribution >= 0.6 is 0 Å². The molecule has 0 fully saturated rings. The zero-order chi connectivity index (χ0) is 17.7. The Kier molecular flexibility index (Phi) is 8.89. The summed E-state index contributed by atoms with van der Waals surface area (Å²) in [6.45, 7) is 30.0. The number of nitrogens with zero attached hydrogens (tertiary/aromatic N) is 1. The second-order valence-corrected chi connectivity index (χ2v) is 19.4. The summed E-state index contributed by atoms with van der Waals surface area (Å²) in [5.41, 5.74) is 4.67. The van der Waals surface area contributed by atoms with Crippen LogP contribution < -0.4 is 0 Å². The first-order chi connectivity index (χ1) is 9.97. The molecule has 0 aliphatic rings. The molecule has 3 heteroatoms. The van der Waals surface area contributed by atoms with Crippen LogP contribution in [0, 0.1) is 0 Å². The van der Waals surface area contributed by atoms with Crippen LogP contribution in [0.2, 0.25) is 35.8 Å². The van der Waals surface area contributed by atoms with Gasteiger partial charge in [0.2, 0.25) is 0 Å². The maximum absolute atomic E-state index is 4.10. The normalized spacial score (nSPS) is 15.2. The van der Waals surface area contributed by atoms with Crippen molar-refractivity contribution in [1.82, 2.24) is 4.57 Å². The highest BCUT2D eigenvalue weighted by molar-refractivity contribution is 6.83. The van der Waals surface area contributed by atoms with Gasteiger partial charge >= 0.3 is 0 Å². The smallest absolute Gasteiger partial charge is 0.136 e. The summed E-state index contributed by atoms with van der Waals surface area (Å²) in [5.74, 6) is 0. The first-order valence-electron chi connectivity index (χ1n) is 9.37. The van der Waals surface area contributed by atoms with Gasteiger partial charge in [0.15, 0.2) is 0 Å². The molecule has 132 valence electrons. The molecule has 0 amide bonds. The fourth-order valence-electron chi connectivity index (χ4n) is 4.52. The lowest BCUT2D eigenvalue weighted by molar-refractivity contribution is 0.315. The van der Waals surface area contributed by atoms with Crippen LogP contribution in [0.4, 0.5) is 0 Å². The summed E-state index contributed by atoms with van der Waals surface area (Å²) < 4.78 is 3.01. The molecule has 0 N–H and O–H groups in total. The predicted molar refractivity (Wildman–Crippen MR) is 110 cm³/mol. The Morgan fingerprint density at radius 1 is 0.909 bits per heavy atom. The van der Waals surface area contributed by atoms with E-state index < -0.39 is 16.3 Å². The van der Waals surface area contributed by atoms with Gasteiger partial charge in [-0.25, -0.2) is 0 Å². The van der Waals surface area contributed by atoms with Gasteiger partial charge in [-0.1, -0.05) is 68.5 Å². The van der Waals surface area contributed by atoms with Gasteiger partial charge in [-0.15, -0.1) is 12.3 Å². The van der Waals surface area contributed by atoms with Gasteiger partial charge in [0.05, 0.1) is 8.07 Å². The molecule has 0 saturated carbocycles. The van der Waals surface area contributed by atoms with Crippen LogP contribution in [0.3, 0.4) is 0 Å². The molecule has 0 aliphatic heterocycles. The molecule has 0 spiro atoms. The second kappa shape index (κ2) is 8.84. The van der Waals surface area contributed by atoms with Gasteiger partial charge in [-0.3, -0.25) is 0 Å². The SMILES string of the molecule is C=C[Si](C)(C)CCN(C(C)CC)[Si](C(C)C)(C(C)C)C(C)C. The molecule has 0 aliphatic carbocycles. The molecule has 0 rings (SSSR count). The van der Waals surface area contributed by atoms with Crippen LogP contribution in [0.15, 0.2) is 12.3 Å². The average Bonchev–Trinajstić information content (AvgIpc) is 2.41. The summed E-state index contributed by atoms with van der Waals surface area (Å²) in [6, 6.07) is 2.05. The molecule has 1 unspecified atom stereocenters. The lowest BCUT2D eigenvalue weighted by Gasteiger charge is -2.54. The van der Waals surface area contributed by atoms with Crippen molar-refractivity contribution in [3.8, 4) is 0 Å². The highest BCUT2D eigenvalue weighted by Gasteiger charge is 2.49. The Hall–Kier alpha value is 0.134. The van der Waals surface area contributed by atoms with Crippen molar-refractivity contribution in [2.75, 3.05) is 6.54 Å². The van der Waals surface area contributed by atoms with Crippen molar-refractivity contribution < 1.29 is 0 Å². The monoisotopic (exact) mass is 341 g/mol. The van der Waals surface area contributed by atoms with Gasteiger partial charge in [-0.2, -0.15) is 0 Å². The Morgan fingerprint density at radius 2 is 1.32 bits per heavy atom. The zero-order valence-electron chi connectivity index (χ0n) is 17.2. The van der Waals surface area contributed by atoms with E-state index >= 15 is 0 Å². The van der Waals surface area contributed by atoms with Crippen LogP contribution in [0.25, 0.3) is 0 Å². The molecule has 0 heterocycles. The summed E-state index contributed by atoms with van der Waals surface area (Å²) in [5, 5.41) is 0. The Balaban J connectivity index is 5.74. The van der Waals surface area contributed by atoms with Gasteiger partial charge in [-0.05, 0) is 35.6 Å². The summed E-state index contributed by atoms with van der Waals surface area (Å²) in [7, 11) is -2.77. The second-order valence-electron chi connectivity index (χ2n) is 8.74. The van der Waals surface area contributed by atoms with E-state index in [0.29, 0.717) is 6.04 Å². The van der Waals surface area contributed by atoms with Crippen molar-refractivity contribution in [3.05, 3.63) is 12.3 Å². The highest BCUT2D eigenvalue weighted by Crippen LogP contribution is 2.45.